The van der Waals surface area contributed by atoms with E-state index in [1.165, 1.54) is 18.4 Å². The maximum atomic E-state index is 6.28. The van der Waals surface area contributed by atoms with Crippen molar-refractivity contribution in [2.75, 3.05) is 26.2 Å². The highest BCUT2D eigenvalue weighted by atomic mass is 35.5. The molecule has 0 aromatic heterocycles. The molecule has 2 aliphatic rings. The van der Waals surface area contributed by atoms with Crippen LogP contribution in [-0.2, 0) is 11.3 Å². The van der Waals surface area contributed by atoms with Crippen molar-refractivity contribution in [3.8, 4) is 0 Å². The van der Waals surface area contributed by atoms with Gasteiger partial charge in [0.25, 0.3) is 0 Å². The van der Waals surface area contributed by atoms with Crippen molar-refractivity contribution in [1.82, 2.24) is 9.80 Å². The van der Waals surface area contributed by atoms with Gasteiger partial charge in [0.15, 0.2) is 0 Å². The molecule has 0 spiro atoms. The minimum absolute atomic E-state index is 0.366. The van der Waals surface area contributed by atoms with Crippen molar-refractivity contribution in [3.63, 3.8) is 0 Å². The van der Waals surface area contributed by atoms with Gasteiger partial charge < -0.3 is 4.74 Å². The van der Waals surface area contributed by atoms with Crippen LogP contribution >= 0.6 is 11.6 Å². The van der Waals surface area contributed by atoms with Crippen LogP contribution in [0.3, 0.4) is 0 Å². The average Bonchev–Trinajstić information content (AvgIpc) is 2.49. The lowest BCUT2D eigenvalue weighted by Gasteiger charge is -2.43. The van der Waals surface area contributed by atoms with Crippen LogP contribution in [0.4, 0.5) is 0 Å². The van der Waals surface area contributed by atoms with Gasteiger partial charge in [-0.3, -0.25) is 9.80 Å². The Kier molecular flexibility index (Phi) is 5.40. The standard InChI is InChI=1S/C18H27ClN2O/c1-14-11-21(12-15(2)22-14)17-7-9-20(10-8-17)13-16-5-3-4-6-18(16)19/h3-6,14-15,17H,7-13H2,1-2H3/t14-,15-/m1/s1. The normalized spacial score (nSPS) is 28.9. The lowest BCUT2D eigenvalue weighted by molar-refractivity contribution is -0.0865. The SMILES string of the molecule is C[C@@H]1CN(C2CCN(Cc3ccccc3Cl)CC2)C[C@@H](C)O1. The first-order valence-corrected chi connectivity index (χ1v) is 8.85. The molecule has 3 rings (SSSR count). The zero-order chi connectivity index (χ0) is 15.5. The van der Waals surface area contributed by atoms with Crippen LogP contribution in [0.5, 0.6) is 0 Å². The van der Waals surface area contributed by atoms with Gasteiger partial charge in [-0.1, -0.05) is 29.8 Å². The molecule has 0 N–H and O–H groups in total. The molecule has 0 aliphatic carbocycles. The van der Waals surface area contributed by atoms with E-state index in [0.29, 0.717) is 12.2 Å². The molecule has 0 radical (unpaired) electrons. The van der Waals surface area contributed by atoms with Gasteiger partial charge in [-0.05, 0) is 51.4 Å². The van der Waals surface area contributed by atoms with Crippen LogP contribution in [0.1, 0.15) is 32.3 Å². The second kappa shape index (κ2) is 7.31. The van der Waals surface area contributed by atoms with E-state index in [9.17, 15) is 0 Å². The van der Waals surface area contributed by atoms with E-state index >= 15 is 0 Å². The zero-order valence-corrected chi connectivity index (χ0v) is 14.4. The summed E-state index contributed by atoms with van der Waals surface area (Å²) in [7, 11) is 0. The molecule has 22 heavy (non-hydrogen) atoms. The number of benzene rings is 1. The number of ether oxygens (including phenoxy) is 1. The number of hydrogen-bond donors (Lipinski definition) is 0. The van der Waals surface area contributed by atoms with Crippen molar-refractivity contribution in [2.45, 2.75) is 51.5 Å². The highest BCUT2D eigenvalue weighted by Gasteiger charge is 2.30. The third kappa shape index (κ3) is 4.02. The molecule has 3 nitrogen and oxygen atoms in total. The molecular formula is C18H27ClN2O. The molecule has 4 heteroatoms. The Hall–Kier alpha value is -0.610. The molecule has 0 amide bonds. The molecule has 0 unspecified atom stereocenters. The van der Waals surface area contributed by atoms with Crippen LogP contribution in [0.2, 0.25) is 5.02 Å². The Morgan fingerprint density at radius 3 is 2.36 bits per heavy atom. The van der Waals surface area contributed by atoms with E-state index in [1.54, 1.807) is 0 Å². The molecule has 122 valence electrons. The summed E-state index contributed by atoms with van der Waals surface area (Å²) in [6.07, 6.45) is 3.24. The molecule has 2 fully saturated rings. The molecular weight excluding hydrogens is 296 g/mol. The summed E-state index contributed by atoms with van der Waals surface area (Å²) in [6, 6.07) is 8.92. The van der Waals surface area contributed by atoms with Gasteiger partial charge >= 0.3 is 0 Å². The van der Waals surface area contributed by atoms with Gasteiger partial charge in [0.05, 0.1) is 12.2 Å². The zero-order valence-electron chi connectivity index (χ0n) is 13.7. The van der Waals surface area contributed by atoms with E-state index in [0.717, 1.165) is 43.8 Å². The molecule has 0 saturated carbocycles. The maximum Gasteiger partial charge on any atom is 0.0678 e. The number of piperidine rings is 1. The smallest absolute Gasteiger partial charge is 0.0678 e. The molecule has 0 bridgehead atoms. The Labute approximate surface area is 139 Å². The van der Waals surface area contributed by atoms with Crippen molar-refractivity contribution in [1.29, 1.82) is 0 Å². The molecule has 2 aliphatic heterocycles. The van der Waals surface area contributed by atoms with Gasteiger partial charge in [0.2, 0.25) is 0 Å². The Morgan fingerprint density at radius 1 is 1.09 bits per heavy atom. The summed E-state index contributed by atoms with van der Waals surface area (Å²) in [5.74, 6) is 0. The van der Waals surface area contributed by atoms with Gasteiger partial charge in [-0.25, -0.2) is 0 Å². The van der Waals surface area contributed by atoms with E-state index < -0.39 is 0 Å². The topological polar surface area (TPSA) is 15.7 Å². The summed E-state index contributed by atoms with van der Waals surface area (Å²) in [5, 5.41) is 0.889. The minimum atomic E-state index is 0.366. The minimum Gasteiger partial charge on any atom is -0.373 e. The van der Waals surface area contributed by atoms with Crippen molar-refractivity contribution in [3.05, 3.63) is 34.9 Å². The van der Waals surface area contributed by atoms with Gasteiger partial charge in [-0.15, -0.1) is 0 Å². The fourth-order valence-corrected chi connectivity index (χ4v) is 4.02. The summed E-state index contributed by atoms with van der Waals surface area (Å²) in [6.45, 7) is 9.84. The summed E-state index contributed by atoms with van der Waals surface area (Å²) in [5.41, 5.74) is 1.25. The quantitative estimate of drug-likeness (QED) is 0.848. The summed E-state index contributed by atoms with van der Waals surface area (Å²) in [4.78, 5) is 5.18. The van der Waals surface area contributed by atoms with Crippen LogP contribution in [0.25, 0.3) is 0 Å². The molecule has 2 heterocycles. The predicted molar refractivity (Wildman–Crippen MR) is 91.3 cm³/mol. The van der Waals surface area contributed by atoms with E-state index in [4.69, 9.17) is 16.3 Å². The van der Waals surface area contributed by atoms with Crippen LogP contribution in [0.15, 0.2) is 24.3 Å². The largest absolute Gasteiger partial charge is 0.373 e. The third-order valence-electron chi connectivity index (χ3n) is 4.87. The number of halogens is 1. The molecule has 1 aromatic rings. The number of rotatable bonds is 3. The van der Waals surface area contributed by atoms with E-state index in [1.807, 2.05) is 12.1 Å². The fraction of sp³-hybridized carbons (Fsp3) is 0.667. The lowest BCUT2D eigenvalue weighted by Crippen LogP contribution is -2.53. The number of morpholine rings is 1. The monoisotopic (exact) mass is 322 g/mol. The van der Waals surface area contributed by atoms with E-state index in [-0.39, 0.29) is 0 Å². The van der Waals surface area contributed by atoms with Crippen LogP contribution in [-0.4, -0.2) is 54.2 Å². The van der Waals surface area contributed by atoms with Gasteiger partial charge in [-0.2, -0.15) is 0 Å². The van der Waals surface area contributed by atoms with Crippen molar-refractivity contribution >= 4 is 11.6 Å². The van der Waals surface area contributed by atoms with Crippen molar-refractivity contribution < 1.29 is 4.74 Å². The maximum absolute atomic E-state index is 6.28. The van der Waals surface area contributed by atoms with Gasteiger partial charge in [0, 0.05) is 30.7 Å². The second-order valence-corrected chi connectivity index (χ2v) is 7.22. The fourth-order valence-electron chi connectivity index (χ4n) is 3.83. The van der Waals surface area contributed by atoms with Crippen molar-refractivity contribution in [2.24, 2.45) is 0 Å². The summed E-state index contributed by atoms with van der Waals surface area (Å²) >= 11 is 6.28. The Bertz CT molecular complexity index is 478. The lowest BCUT2D eigenvalue weighted by atomic mass is 10.0. The first-order chi connectivity index (χ1) is 10.6. The Morgan fingerprint density at radius 2 is 1.73 bits per heavy atom. The number of hydrogen-bond acceptors (Lipinski definition) is 3. The predicted octanol–water partition coefficient (Wildman–Crippen LogP) is 3.41. The van der Waals surface area contributed by atoms with Crippen LogP contribution < -0.4 is 0 Å². The summed E-state index contributed by atoms with van der Waals surface area (Å²) < 4.78 is 5.85. The first kappa shape index (κ1) is 16.3. The first-order valence-electron chi connectivity index (χ1n) is 8.47. The number of likely N-dealkylation sites (tertiary alicyclic amines) is 1. The van der Waals surface area contributed by atoms with Crippen LogP contribution in [0, 0.1) is 0 Å². The highest BCUT2D eigenvalue weighted by Crippen LogP contribution is 2.24. The Balaban J connectivity index is 1.51. The van der Waals surface area contributed by atoms with E-state index in [2.05, 4.69) is 35.8 Å². The second-order valence-electron chi connectivity index (χ2n) is 6.81. The average molecular weight is 323 g/mol. The number of nitrogens with zero attached hydrogens (tertiary/aromatic N) is 2. The molecule has 1 aromatic carbocycles. The molecule has 2 atom stereocenters. The highest BCUT2D eigenvalue weighted by molar-refractivity contribution is 6.31. The third-order valence-corrected chi connectivity index (χ3v) is 5.24. The molecule has 2 saturated heterocycles. The van der Waals surface area contributed by atoms with Gasteiger partial charge in [0.1, 0.15) is 0 Å².